The molecule has 3 aromatic heterocycles. The van der Waals surface area contributed by atoms with Crippen LogP contribution < -0.4 is 26.2 Å². The van der Waals surface area contributed by atoms with Gasteiger partial charge in [0.2, 0.25) is 5.95 Å². The molecule has 0 spiro atoms. The van der Waals surface area contributed by atoms with Crippen LogP contribution in [0.25, 0.3) is 21.9 Å². The Labute approximate surface area is 237 Å². The van der Waals surface area contributed by atoms with Crippen molar-refractivity contribution in [1.29, 1.82) is 0 Å². The van der Waals surface area contributed by atoms with E-state index in [-0.39, 0.29) is 16.5 Å². The molecule has 0 atom stereocenters. The number of hydrogen-bond donors (Lipinski definition) is 2. The van der Waals surface area contributed by atoms with Gasteiger partial charge >= 0.3 is 0 Å². The fourth-order valence-electron chi connectivity index (χ4n) is 6.54. The lowest BCUT2D eigenvalue weighted by atomic mass is 9.62. The molecule has 0 radical (unpaired) electrons. The minimum atomic E-state index is -0.175. The zero-order valence-corrected chi connectivity index (χ0v) is 22.8. The number of hydrogen-bond acceptors (Lipinski definition) is 8. The normalized spacial score (nSPS) is 21.0. The Morgan fingerprint density at radius 3 is 2.54 bits per heavy atom. The highest BCUT2D eigenvalue weighted by Crippen LogP contribution is 2.60. The summed E-state index contributed by atoms with van der Waals surface area (Å²) in [6, 6.07) is 21.6. The molecule has 2 bridgehead atoms. The van der Waals surface area contributed by atoms with Crippen molar-refractivity contribution in [2.45, 2.75) is 18.4 Å². The fourth-order valence-corrected chi connectivity index (χ4v) is 6.54. The molecule has 8 rings (SSSR count). The number of nitrogens with two attached hydrogens (primary N) is 1. The fraction of sp³-hybridized carbons (Fsp3) is 0.250. The third-order valence-electron chi connectivity index (χ3n) is 8.53. The first-order chi connectivity index (χ1) is 19.9. The van der Waals surface area contributed by atoms with Gasteiger partial charge in [-0.1, -0.05) is 42.5 Å². The molecule has 2 saturated heterocycles. The molecule has 206 valence electrons. The quantitative estimate of drug-likeness (QED) is 0.293. The standard InChI is InChI=1S/C32H31N7O2/c1-38-13-11-24(14-28(38)40)41-21-31-17-32(18-31,19-37-27-9-5-8-26-25(27)10-12-34-29(26)33)39(20-31)30-35-15-23(16-36-30)22-6-3-2-4-7-22/h2-16,37H,17-21H2,1H3,(H2,33,34). The van der Waals surface area contributed by atoms with Crippen LogP contribution in [0.15, 0.2) is 96.3 Å². The number of ether oxygens (including phenoxy) is 1. The van der Waals surface area contributed by atoms with Crippen LogP contribution in [-0.4, -0.2) is 44.8 Å². The van der Waals surface area contributed by atoms with E-state index in [9.17, 15) is 4.79 Å². The highest BCUT2D eigenvalue weighted by atomic mass is 16.5. The van der Waals surface area contributed by atoms with E-state index in [1.807, 2.05) is 54.9 Å². The van der Waals surface area contributed by atoms with Crippen molar-refractivity contribution in [1.82, 2.24) is 19.5 Å². The SMILES string of the molecule is Cn1ccc(OCC23CN(c4ncc(-c5ccccc5)cn4)C(CNc4cccc5c(N)nccc45)(C2)C3)cc1=O. The zero-order chi connectivity index (χ0) is 28.0. The Morgan fingerprint density at radius 2 is 1.76 bits per heavy atom. The summed E-state index contributed by atoms with van der Waals surface area (Å²) < 4.78 is 7.72. The van der Waals surface area contributed by atoms with Gasteiger partial charge in [0.1, 0.15) is 11.6 Å². The predicted octanol–water partition coefficient (Wildman–Crippen LogP) is 4.50. The van der Waals surface area contributed by atoms with Gasteiger partial charge < -0.3 is 25.3 Å². The van der Waals surface area contributed by atoms with Crippen molar-refractivity contribution >= 4 is 28.2 Å². The van der Waals surface area contributed by atoms with Gasteiger partial charge in [0.05, 0.1) is 12.1 Å². The van der Waals surface area contributed by atoms with E-state index in [1.54, 1.807) is 25.5 Å². The number of aryl methyl sites for hydroxylation is 1. The van der Waals surface area contributed by atoms with E-state index in [1.165, 1.54) is 4.57 Å². The number of nitrogens with zero attached hydrogens (tertiary/aromatic N) is 5. The summed E-state index contributed by atoms with van der Waals surface area (Å²) in [4.78, 5) is 28.3. The highest BCUT2D eigenvalue weighted by molar-refractivity contribution is 5.99. The lowest BCUT2D eigenvalue weighted by Gasteiger charge is -2.47. The van der Waals surface area contributed by atoms with Crippen molar-refractivity contribution in [2.75, 3.05) is 35.6 Å². The van der Waals surface area contributed by atoms with Crippen LogP contribution in [0, 0.1) is 5.41 Å². The average Bonchev–Trinajstić information content (AvgIpc) is 3.48. The number of nitrogens with one attached hydrogen (secondary N) is 1. The van der Waals surface area contributed by atoms with Crippen molar-refractivity contribution in [3.63, 3.8) is 0 Å². The number of anilines is 3. The van der Waals surface area contributed by atoms with Gasteiger partial charge in [-0.05, 0) is 36.6 Å². The van der Waals surface area contributed by atoms with Crippen molar-refractivity contribution in [3.8, 4) is 16.9 Å². The minimum Gasteiger partial charge on any atom is -0.493 e. The van der Waals surface area contributed by atoms with E-state index in [4.69, 9.17) is 20.4 Å². The first kappa shape index (κ1) is 25.1. The average molecular weight is 546 g/mol. The maximum absolute atomic E-state index is 12.1. The molecule has 0 unspecified atom stereocenters. The van der Waals surface area contributed by atoms with Gasteiger partial charge in [0.15, 0.2) is 0 Å². The van der Waals surface area contributed by atoms with Crippen LogP contribution in [0.4, 0.5) is 17.5 Å². The van der Waals surface area contributed by atoms with Gasteiger partial charge in [-0.3, -0.25) is 4.79 Å². The zero-order valence-electron chi connectivity index (χ0n) is 22.8. The summed E-state index contributed by atoms with van der Waals surface area (Å²) in [5, 5.41) is 5.69. The number of aromatic nitrogens is 4. The summed E-state index contributed by atoms with van der Waals surface area (Å²) in [5.41, 5.74) is 8.92. The van der Waals surface area contributed by atoms with Crippen LogP contribution in [0.2, 0.25) is 0 Å². The van der Waals surface area contributed by atoms with Crippen LogP contribution in [0.1, 0.15) is 12.8 Å². The summed E-state index contributed by atoms with van der Waals surface area (Å²) in [6.07, 6.45) is 9.13. The van der Waals surface area contributed by atoms with Gasteiger partial charge in [-0.2, -0.15) is 0 Å². The van der Waals surface area contributed by atoms with Crippen molar-refractivity contribution in [2.24, 2.45) is 12.5 Å². The Bertz CT molecular complexity index is 1780. The number of nitrogen functional groups attached to an aromatic ring is 1. The van der Waals surface area contributed by atoms with Gasteiger partial charge in [0, 0.05) is 78.4 Å². The summed E-state index contributed by atoms with van der Waals surface area (Å²) >= 11 is 0. The van der Waals surface area contributed by atoms with E-state index in [0.717, 1.165) is 47.0 Å². The van der Waals surface area contributed by atoms with E-state index < -0.39 is 0 Å². The van der Waals surface area contributed by atoms with Crippen LogP contribution >= 0.6 is 0 Å². The molecule has 3 fully saturated rings. The van der Waals surface area contributed by atoms with E-state index >= 15 is 0 Å². The van der Waals surface area contributed by atoms with Gasteiger partial charge in [-0.15, -0.1) is 0 Å². The Balaban J connectivity index is 1.16. The maximum atomic E-state index is 12.1. The topological polar surface area (TPSA) is 111 Å². The summed E-state index contributed by atoms with van der Waals surface area (Å²) in [5.74, 6) is 1.84. The molecule has 1 saturated carbocycles. The van der Waals surface area contributed by atoms with Crippen molar-refractivity contribution < 1.29 is 4.74 Å². The second-order valence-electron chi connectivity index (χ2n) is 11.4. The predicted molar refractivity (Wildman–Crippen MR) is 161 cm³/mol. The molecule has 41 heavy (non-hydrogen) atoms. The Hall–Kier alpha value is -4.92. The van der Waals surface area contributed by atoms with E-state index in [0.29, 0.717) is 30.7 Å². The third kappa shape index (κ3) is 4.43. The molecule has 9 heteroatoms. The summed E-state index contributed by atoms with van der Waals surface area (Å²) in [6.45, 7) is 2.01. The second kappa shape index (κ2) is 9.62. The largest absolute Gasteiger partial charge is 0.493 e. The summed E-state index contributed by atoms with van der Waals surface area (Å²) in [7, 11) is 1.73. The maximum Gasteiger partial charge on any atom is 0.253 e. The molecule has 2 aliphatic heterocycles. The lowest BCUT2D eigenvalue weighted by Crippen LogP contribution is -2.55. The minimum absolute atomic E-state index is 0.0582. The van der Waals surface area contributed by atoms with Crippen LogP contribution in [-0.2, 0) is 7.05 Å². The molecular weight excluding hydrogens is 514 g/mol. The highest BCUT2D eigenvalue weighted by Gasteiger charge is 2.66. The Morgan fingerprint density at radius 1 is 0.951 bits per heavy atom. The van der Waals surface area contributed by atoms with Crippen LogP contribution in [0.5, 0.6) is 5.75 Å². The monoisotopic (exact) mass is 545 g/mol. The number of fused-ring (bicyclic) bond motifs is 2. The lowest BCUT2D eigenvalue weighted by molar-refractivity contribution is 0.0625. The Kier molecular flexibility index (Phi) is 5.88. The molecule has 5 heterocycles. The van der Waals surface area contributed by atoms with Gasteiger partial charge in [0.25, 0.3) is 5.56 Å². The van der Waals surface area contributed by atoms with Crippen molar-refractivity contribution in [3.05, 3.63) is 102 Å². The number of pyridine rings is 2. The van der Waals surface area contributed by atoms with Gasteiger partial charge in [-0.25, -0.2) is 15.0 Å². The van der Waals surface area contributed by atoms with E-state index in [2.05, 4.69) is 33.4 Å². The molecule has 2 aromatic carbocycles. The molecule has 5 aromatic rings. The third-order valence-corrected chi connectivity index (χ3v) is 8.53. The second-order valence-corrected chi connectivity index (χ2v) is 11.4. The molecule has 3 N–H and O–H groups in total. The molecular formula is C32H31N7O2. The molecule has 1 aliphatic carbocycles. The molecule has 9 nitrogen and oxygen atoms in total. The molecule has 0 amide bonds. The number of rotatable bonds is 8. The smallest absolute Gasteiger partial charge is 0.253 e. The first-order valence-corrected chi connectivity index (χ1v) is 13.8. The molecule has 3 aliphatic rings. The number of benzene rings is 2. The first-order valence-electron chi connectivity index (χ1n) is 13.8. The van der Waals surface area contributed by atoms with Crippen LogP contribution in [0.3, 0.4) is 0 Å².